The highest BCUT2D eigenvalue weighted by Crippen LogP contribution is 2.44. The Morgan fingerprint density at radius 2 is 1.97 bits per heavy atom. The molecule has 4 aromatic rings. The lowest BCUT2D eigenvalue weighted by Gasteiger charge is -2.31. The molecule has 200 valence electrons. The molecule has 0 aliphatic carbocycles. The Labute approximate surface area is 225 Å². The highest BCUT2D eigenvalue weighted by molar-refractivity contribution is 6.00. The van der Waals surface area contributed by atoms with E-state index in [2.05, 4.69) is 58.6 Å². The second kappa shape index (κ2) is 9.95. The zero-order valence-electron chi connectivity index (χ0n) is 22.3. The Morgan fingerprint density at radius 3 is 2.74 bits per heavy atom. The lowest BCUT2D eigenvalue weighted by molar-refractivity contribution is 0.0963. The summed E-state index contributed by atoms with van der Waals surface area (Å²) in [6.07, 6.45) is 4.41. The average molecular weight is 527 g/mol. The largest absolute Gasteiger partial charge is 0.379 e. The molecule has 5 heterocycles. The number of hydrogen-bond acceptors (Lipinski definition) is 10. The molecular weight excluding hydrogens is 496 g/mol. The quantitative estimate of drug-likeness (QED) is 0.343. The monoisotopic (exact) mass is 526 g/mol. The van der Waals surface area contributed by atoms with Crippen LogP contribution in [0.3, 0.4) is 0 Å². The predicted molar refractivity (Wildman–Crippen MR) is 148 cm³/mol. The van der Waals surface area contributed by atoms with Crippen LogP contribution in [0.2, 0.25) is 0 Å². The molecule has 0 bridgehead atoms. The van der Waals surface area contributed by atoms with Crippen LogP contribution in [0, 0.1) is 13.8 Å². The minimum Gasteiger partial charge on any atom is -0.379 e. The zero-order chi connectivity index (χ0) is 27.1. The van der Waals surface area contributed by atoms with Crippen molar-refractivity contribution < 1.29 is 9.53 Å². The van der Waals surface area contributed by atoms with Crippen LogP contribution >= 0.6 is 0 Å². The minimum absolute atomic E-state index is 0.259. The first-order chi connectivity index (χ1) is 18.9. The highest BCUT2D eigenvalue weighted by Gasteiger charge is 2.30. The normalized spacial score (nSPS) is 16.0. The van der Waals surface area contributed by atoms with E-state index in [1.54, 1.807) is 7.05 Å². The van der Waals surface area contributed by atoms with Crippen LogP contribution in [0.25, 0.3) is 11.1 Å². The van der Waals surface area contributed by atoms with Gasteiger partial charge in [-0.2, -0.15) is 10.1 Å². The van der Waals surface area contributed by atoms with Crippen molar-refractivity contribution in [1.82, 2.24) is 35.0 Å². The van der Waals surface area contributed by atoms with E-state index in [0.717, 1.165) is 41.2 Å². The summed E-state index contributed by atoms with van der Waals surface area (Å²) in [7, 11) is 3.64. The average Bonchev–Trinajstić information content (AvgIpc) is 3.58. The standard InChI is InChI=1S/C27H30N10O2/c1-15-10-23(32-16(2)31-15)34-27-29-11-20(26(38)28-3)25(35-27)33-21-7-5-6-18-19-12-30-37(17-8-9-39-14-17)22(19)13-36(4)24(18)21/h5-7,10-12,17H,8-9,13-14H2,1-4H3,(H,28,38)(H2,29,31,32,33,34,35). The molecule has 0 radical (unpaired) electrons. The topological polar surface area (TPSA) is 135 Å². The molecule has 1 atom stereocenters. The summed E-state index contributed by atoms with van der Waals surface area (Å²) in [6, 6.07) is 8.14. The summed E-state index contributed by atoms with van der Waals surface area (Å²) in [5.41, 5.74) is 6.31. The SMILES string of the molecule is CNC(=O)c1cnc(Nc2cc(C)nc(C)n2)nc1Nc1cccc2c1N(C)Cc1c-2cnn1C1CCOC1. The van der Waals surface area contributed by atoms with Crippen LogP contribution in [0.1, 0.15) is 40.0 Å². The molecule has 39 heavy (non-hydrogen) atoms. The fourth-order valence-electron chi connectivity index (χ4n) is 5.24. The van der Waals surface area contributed by atoms with E-state index < -0.39 is 0 Å². The smallest absolute Gasteiger partial charge is 0.256 e. The molecule has 3 N–H and O–H groups in total. The Kier molecular flexibility index (Phi) is 6.31. The van der Waals surface area contributed by atoms with Crippen molar-refractivity contribution in [2.75, 3.05) is 42.8 Å². The summed E-state index contributed by atoms with van der Waals surface area (Å²) in [5, 5.41) is 14.0. The minimum atomic E-state index is -0.293. The van der Waals surface area contributed by atoms with E-state index >= 15 is 0 Å². The van der Waals surface area contributed by atoms with Gasteiger partial charge >= 0.3 is 0 Å². The number of aryl methyl sites for hydroxylation is 2. The molecule has 6 rings (SSSR count). The molecular formula is C27H30N10O2. The number of ether oxygens (including phenoxy) is 1. The van der Waals surface area contributed by atoms with Gasteiger partial charge in [-0.3, -0.25) is 9.48 Å². The summed E-state index contributed by atoms with van der Waals surface area (Å²) in [4.78, 5) is 32.7. The Bertz CT molecular complexity index is 1540. The van der Waals surface area contributed by atoms with Crippen molar-refractivity contribution in [3.63, 3.8) is 0 Å². The number of fused-ring (bicyclic) bond motifs is 3. The summed E-state index contributed by atoms with van der Waals surface area (Å²) < 4.78 is 7.73. The Morgan fingerprint density at radius 1 is 1.10 bits per heavy atom. The van der Waals surface area contributed by atoms with Gasteiger partial charge in [0.1, 0.15) is 23.0 Å². The molecule has 0 spiro atoms. The second-order valence-electron chi connectivity index (χ2n) is 9.75. The van der Waals surface area contributed by atoms with Crippen molar-refractivity contribution in [3.05, 3.63) is 59.4 Å². The molecule has 2 aliphatic rings. The molecule has 1 aromatic carbocycles. The van der Waals surface area contributed by atoms with Crippen LogP contribution in [0.15, 0.2) is 36.7 Å². The number of para-hydroxylation sites is 1. The maximum Gasteiger partial charge on any atom is 0.256 e. The number of carbonyl (C=O) groups is 1. The second-order valence-corrected chi connectivity index (χ2v) is 9.75. The first kappa shape index (κ1) is 24.7. The van der Waals surface area contributed by atoms with E-state index in [4.69, 9.17) is 9.84 Å². The molecule has 3 aromatic heterocycles. The van der Waals surface area contributed by atoms with E-state index in [1.165, 1.54) is 11.9 Å². The van der Waals surface area contributed by atoms with Gasteiger partial charge in [0, 0.05) is 49.8 Å². The molecule has 0 saturated carbocycles. The van der Waals surface area contributed by atoms with Crippen LogP contribution in [0.5, 0.6) is 0 Å². The van der Waals surface area contributed by atoms with Gasteiger partial charge in [-0.05, 0) is 26.3 Å². The summed E-state index contributed by atoms with van der Waals surface area (Å²) in [6.45, 7) is 5.87. The lowest BCUT2D eigenvalue weighted by Crippen LogP contribution is -2.26. The number of benzene rings is 1. The highest BCUT2D eigenvalue weighted by atomic mass is 16.5. The van der Waals surface area contributed by atoms with Gasteiger partial charge in [0.2, 0.25) is 5.95 Å². The summed E-state index contributed by atoms with van der Waals surface area (Å²) >= 11 is 0. The van der Waals surface area contributed by atoms with Gasteiger partial charge in [-0.15, -0.1) is 0 Å². The van der Waals surface area contributed by atoms with Crippen LogP contribution in [-0.4, -0.2) is 62.9 Å². The van der Waals surface area contributed by atoms with Crippen LogP contribution in [-0.2, 0) is 11.3 Å². The van der Waals surface area contributed by atoms with E-state index in [9.17, 15) is 4.79 Å². The number of rotatable bonds is 6. The van der Waals surface area contributed by atoms with E-state index in [-0.39, 0.29) is 11.9 Å². The third-order valence-electron chi connectivity index (χ3n) is 6.96. The third kappa shape index (κ3) is 4.63. The first-order valence-electron chi connectivity index (χ1n) is 12.9. The zero-order valence-corrected chi connectivity index (χ0v) is 22.3. The fraction of sp³-hybridized carbons (Fsp3) is 0.333. The van der Waals surface area contributed by atoms with Gasteiger partial charge < -0.3 is 25.6 Å². The Hall–Kier alpha value is -4.58. The van der Waals surface area contributed by atoms with Crippen molar-refractivity contribution in [1.29, 1.82) is 0 Å². The first-order valence-corrected chi connectivity index (χ1v) is 12.9. The van der Waals surface area contributed by atoms with Gasteiger partial charge in [0.25, 0.3) is 5.91 Å². The van der Waals surface area contributed by atoms with Gasteiger partial charge in [-0.1, -0.05) is 12.1 Å². The number of anilines is 5. The third-order valence-corrected chi connectivity index (χ3v) is 6.96. The molecule has 12 nitrogen and oxygen atoms in total. The predicted octanol–water partition coefficient (Wildman–Crippen LogP) is 3.50. The maximum atomic E-state index is 12.7. The fourth-order valence-corrected chi connectivity index (χ4v) is 5.24. The van der Waals surface area contributed by atoms with Crippen LogP contribution in [0.4, 0.5) is 29.0 Å². The lowest BCUT2D eigenvalue weighted by atomic mass is 9.97. The van der Waals surface area contributed by atoms with Gasteiger partial charge in [0.05, 0.1) is 42.5 Å². The number of carbonyl (C=O) groups excluding carboxylic acids is 1. The molecule has 1 saturated heterocycles. The van der Waals surface area contributed by atoms with E-state index in [1.807, 2.05) is 38.2 Å². The maximum absolute atomic E-state index is 12.7. The van der Waals surface area contributed by atoms with Crippen molar-refractivity contribution in [3.8, 4) is 11.1 Å². The number of hydrogen-bond donors (Lipinski definition) is 3. The number of aromatic nitrogens is 6. The Balaban J connectivity index is 1.38. The summed E-state index contributed by atoms with van der Waals surface area (Å²) in [5.74, 6) is 1.61. The molecule has 2 aliphatic heterocycles. The number of nitrogens with zero attached hydrogens (tertiary/aromatic N) is 7. The van der Waals surface area contributed by atoms with E-state index in [0.29, 0.717) is 42.1 Å². The van der Waals surface area contributed by atoms with Gasteiger partial charge in [-0.25, -0.2) is 15.0 Å². The molecule has 12 heteroatoms. The number of amides is 1. The van der Waals surface area contributed by atoms with Crippen molar-refractivity contribution in [2.45, 2.75) is 32.9 Å². The van der Waals surface area contributed by atoms with Gasteiger partial charge in [0.15, 0.2) is 0 Å². The number of nitrogens with one attached hydrogen (secondary N) is 3. The molecule has 1 unspecified atom stereocenters. The van der Waals surface area contributed by atoms with Crippen molar-refractivity contribution >= 4 is 34.9 Å². The molecule has 1 fully saturated rings. The van der Waals surface area contributed by atoms with Crippen LogP contribution < -0.4 is 20.9 Å². The molecule has 1 amide bonds. The van der Waals surface area contributed by atoms with Crippen molar-refractivity contribution in [2.24, 2.45) is 0 Å².